The van der Waals surface area contributed by atoms with Crippen LogP contribution in [0.15, 0.2) is 42.6 Å². The Morgan fingerprint density at radius 2 is 1.68 bits per heavy atom. The van der Waals surface area contributed by atoms with Crippen molar-refractivity contribution >= 4 is 23.3 Å². The monoisotopic (exact) mass is 424 g/mol. The van der Waals surface area contributed by atoms with Gasteiger partial charge in [0.25, 0.3) is 0 Å². The predicted octanol–water partition coefficient (Wildman–Crippen LogP) is 3.90. The Hall–Kier alpha value is -3.29. The van der Waals surface area contributed by atoms with Gasteiger partial charge in [-0.2, -0.15) is 0 Å². The minimum absolute atomic E-state index is 0.00736. The van der Waals surface area contributed by atoms with E-state index in [1.807, 2.05) is 30.3 Å². The molecule has 1 aromatic heterocycles. The van der Waals surface area contributed by atoms with Crippen LogP contribution in [0.5, 0.6) is 11.6 Å². The van der Waals surface area contributed by atoms with Crippen LogP contribution in [0.2, 0.25) is 0 Å². The van der Waals surface area contributed by atoms with Crippen molar-refractivity contribution in [2.75, 3.05) is 30.8 Å². The van der Waals surface area contributed by atoms with Crippen molar-refractivity contribution in [2.24, 2.45) is 5.92 Å². The topological polar surface area (TPSA) is 92.8 Å². The van der Waals surface area contributed by atoms with Crippen LogP contribution in [0, 0.1) is 5.92 Å². The Morgan fingerprint density at radius 3 is 2.26 bits per heavy atom. The zero-order valence-corrected chi connectivity index (χ0v) is 17.7. The number of carbonyl (C=O) groups is 2. The number of methoxy groups -OCH3 is 1. The third-order valence-electron chi connectivity index (χ3n) is 5.84. The zero-order valence-electron chi connectivity index (χ0n) is 17.7. The fraction of sp³-hybridized carbons (Fsp3) is 0.435. The molecule has 164 valence electrons. The van der Waals surface area contributed by atoms with Crippen molar-refractivity contribution in [1.82, 2.24) is 9.88 Å². The lowest BCUT2D eigenvalue weighted by Crippen LogP contribution is -2.43. The van der Waals surface area contributed by atoms with E-state index in [1.165, 1.54) is 0 Å². The quantitative estimate of drug-likeness (QED) is 0.734. The minimum Gasteiger partial charge on any atom is -0.497 e. The Kier molecular flexibility index (Phi) is 6.54. The smallest absolute Gasteiger partial charge is 0.321 e. The summed E-state index contributed by atoms with van der Waals surface area (Å²) in [6.07, 6.45) is 6.17. The predicted molar refractivity (Wildman–Crippen MR) is 117 cm³/mol. The normalized spacial score (nSPS) is 16.9. The van der Waals surface area contributed by atoms with Crippen LogP contribution in [-0.2, 0) is 4.79 Å². The lowest BCUT2D eigenvalue weighted by atomic mass is 9.85. The van der Waals surface area contributed by atoms with Gasteiger partial charge in [0.15, 0.2) is 0 Å². The Bertz CT molecular complexity index is 889. The highest BCUT2D eigenvalue weighted by atomic mass is 16.5. The fourth-order valence-electron chi connectivity index (χ4n) is 3.66. The van der Waals surface area contributed by atoms with Crippen molar-refractivity contribution in [3.63, 3.8) is 0 Å². The number of anilines is 2. The summed E-state index contributed by atoms with van der Waals surface area (Å²) < 4.78 is 11.1. The van der Waals surface area contributed by atoms with Gasteiger partial charge in [-0.3, -0.25) is 4.79 Å². The van der Waals surface area contributed by atoms with Crippen molar-refractivity contribution < 1.29 is 19.1 Å². The molecule has 0 bridgehead atoms. The maximum atomic E-state index is 12.5. The minimum atomic E-state index is -0.117. The number of pyridine rings is 1. The van der Waals surface area contributed by atoms with E-state index in [4.69, 9.17) is 9.47 Å². The molecule has 2 fully saturated rings. The summed E-state index contributed by atoms with van der Waals surface area (Å²) in [4.78, 5) is 30.6. The number of hydrogen-bond donors (Lipinski definition) is 2. The second-order valence-corrected chi connectivity index (χ2v) is 7.97. The third kappa shape index (κ3) is 5.45. The van der Waals surface area contributed by atoms with Crippen LogP contribution in [0.3, 0.4) is 0 Å². The summed E-state index contributed by atoms with van der Waals surface area (Å²) in [5, 5.41) is 5.81. The van der Waals surface area contributed by atoms with Crippen LogP contribution in [0.1, 0.15) is 32.1 Å². The van der Waals surface area contributed by atoms with E-state index in [1.54, 1.807) is 24.3 Å². The van der Waals surface area contributed by atoms with E-state index < -0.39 is 0 Å². The van der Waals surface area contributed by atoms with Gasteiger partial charge in [0.1, 0.15) is 11.9 Å². The molecule has 0 radical (unpaired) electrons. The molecule has 1 aliphatic carbocycles. The number of nitrogens with one attached hydrogen (secondary N) is 2. The van der Waals surface area contributed by atoms with Gasteiger partial charge in [-0.05, 0) is 43.2 Å². The number of carbonyl (C=O) groups excluding carboxylic acids is 2. The fourth-order valence-corrected chi connectivity index (χ4v) is 3.66. The second kappa shape index (κ2) is 9.68. The van der Waals surface area contributed by atoms with Crippen LogP contribution in [0.4, 0.5) is 16.2 Å². The van der Waals surface area contributed by atoms with Gasteiger partial charge < -0.3 is 25.0 Å². The van der Waals surface area contributed by atoms with Crippen LogP contribution < -0.4 is 20.1 Å². The first-order valence-electron chi connectivity index (χ1n) is 10.7. The average Bonchev–Trinajstić information content (AvgIpc) is 2.75. The first kappa shape index (κ1) is 21.0. The number of hydrogen-bond acceptors (Lipinski definition) is 5. The number of amides is 3. The number of piperidine rings is 1. The summed E-state index contributed by atoms with van der Waals surface area (Å²) in [6.45, 7) is 1.23. The summed E-state index contributed by atoms with van der Waals surface area (Å²) in [5.74, 6) is 1.49. The van der Waals surface area contributed by atoms with E-state index >= 15 is 0 Å². The van der Waals surface area contributed by atoms with Crippen molar-refractivity contribution in [3.8, 4) is 11.6 Å². The lowest BCUT2D eigenvalue weighted by molar-refractivity contribution is -0.122. The molecular weight excluding hydrogens is 396 g/mol. The maximum absolute atomic E-state index is 12.5. The van der Waals surface area contributed by atoms with E-state index in [-0.39, 0.29) is 24.0 Å². The van der Waals surface area contributed by atoms with Crippen LogP contribution in [-0.4, -0.2) is 48.1 Å². The van der Waals surface area contributed by atoms with Crippen LogP contribution >= 0.6 is 0 Å². The molecule has 1 saturated carbocycles. The third-order valence-corrected chi connectivity index (χ3v) is 5.84. The molecular formula is C23H28N4O4. The molecule has 31 heavy (non-hydrogen) atoms. The molecule has 1 saturated heterocycles. The van der Waals surface area contributed by atoms with E-state index in [0.29, 0.717) is 24.7 Å². The average molecular weight is 425 g/mol. The standard InChI is InChI=1S/C23H28N4O4/c1-30-19-8-5-17(6-9-19)26-23(29)27-13-11-20(12-14-27)31-21-10-7-18(15-24-21)25-22(28)16-3-2-4-16/h5-10,15-16,20H,2-4,11-14H2,1H3,(H,25,28)(H,26,29). The summed E-state index contributed by atoms with van der Waals surface area (Å²) in [7, 11) is 1.61. The second-order valence-electron chi connectivity index (χ2n) is 7.97. The van der Waals surface area contributed by atoms with Gasteiger partial charge in [-0.25, -0.2) is 9.78 Å². The molecule has 2 aliphatic rings. The highest BCUT2D eigenvalue weighted by Crippen LogP contribution is 2.28. The zero-order chi connectivity index (χ0) is 21.6. The molecule has 2 aromatic rings. The van der Waals surface area contributed by atoms with Gasteiger partial charge in [-0.15, -0.1) is 0 Å². The van der Waals surface area contributed by atoms with Crippen molar-refractivity contribution in [2.45, 2.75) is 38.2 Å². The van der Waals surface area contributed by atoms with Gasteiger partial charge in [0.2, 0.25) is 11.8 Å². The summed E-state index contributed by atoms with van der Waals surface area (Å²) in [5.41, 5.74) is 1.42. The number of aromatic nitrogens is 1. The molecule has 8 heteroatoms. The number of urea groups is 1. The van der Waals surface area contributed by atoms with Gasteiger partial charge in [0, 0.05) is 43.6 Å². The number of likely N-dealkylation sites (tertiary alicyclic amines) is 1. The molecule has 2 heterocycles. The van der Waals surface area contributed by atoms with E-state index in [9.17, 15) is 9.59 Å². The van der Waals surface area contributed by atoms with Gasteiger partial charge in [0.05, 0.1) is 19.0 Å². The lowest BCUT2D eigenvalue weighted by Gasteiger charge is -2.32. The van der Waals surface area contributed by atoms with Crippen molar-refractivity contribution in [3.05, 3.63) is 42.6 Å². The molecule has 0 unspecified atom stereocenters. The van der Waals surface area contributed by atoms with E-state index in [0.717, 1.165) is 43.5 Å². The maximum Gasteiger partial charge on any atom is 0.321 e. The first-order chi connectivity index (χ1) is 15.1. The molecule has 3 amide bonds. The summed E-state index contributed by atoms with van der Waals surface area (Å²) in [6, 6.07) is 10.7. The molecule has 8 nitrogen and oxygen atoms in total. The summed E-state index contributed by atoms with van der Waals surface area (Å²) >= 11 is 0. The van der Waals surface area contributed by atoms with Crippen molar-refractivity contribution in [1.29, 1.82) is 0 Å². The Morgan fingerprint density at radius 1 is 0.968 bits per heavy atom. The first-order valence-corrected chi connectivity index (χ1v) is 10.7. The Labute approximate surface area is 181 Å². The van der Waals surface area contributed by atoms with Gasteiger partial charge in [-0.1, -0.05) is 6.42 Å². The highest BCUT2D eigenvalue weighted by molar-refractivity contribution is 5.92. The molecule has 0 spiro atoms. The SMILES string of the molecule is COc1ccc(NC(=O)N2CCC(Oc3ccc(NC(=O)C4CCC4)cn3)CC2)cc1. The number of rotatable bonds is 6. The van der Waals surface area contributed by atoms with E-state index in [2.05, 4.69) is 15.6 Å². The molecule has 4 rings (SSSR count). The number of ether oxygens (including phenoxy) is 2. The largest absolute Gasteiger partial charge is 0.497 e. The Balaban J connectivity index is 1.21. The van der Waals surface area contributed by atoms with Crippen LogP contribution in [0.25, 0.3) is 0 Å². The molecule has 2 N–H and O–H groups in total. The molecule has 1 aromatic carbocycles. The number of nitrogens with zero attached hydrogens (tertiary/aromatic N) is 2. The molecule has 0 atom stereocenters. The molecule has 1 aliphatic heterocycles. The number of benzene rings is 1. The van der Waals surface area contributed by atoms with Gasteiger partial charge >= 0.3 is 6.03 Å². The highest BCUT2D eigenvalue weighted by Gasteiger charge is 2.26.